The molecular formula is C28H33FN6O5. The number of benzene rings is 1. The van der Waals surface area contributed by atoms with Gasteiger partial charge in [-0.05, 0) is 32.8 Å². The first-order valence-electron chi connectivity index (χ1n) is 14.0. The number of Topliss-reactive ketones (excluding diaryl/α,β-unsaturated/α-hetero) is 1. The molecule has 1 aromatic heterocycles. The van der Waals surface area contributed by atoms with Crippen LogP contribution in [0, 0.1) is 5.82 Å². The van der Waals surface area contributed by atoms with Crippen molar-refractivity contribution in [1.29, 1.82) is 0 Å². The number of anilines is 2. The first-order chi connectivity index (χ1) is 19.3. The number of rotatable bonds is 1. The Morgan fingerprint density at radius 3 is 2.55 bits per heavy atom. The second kappa shape index (κ2) is 10.2. The van der Waals surface area contributed by atoms with Crippen LogP contribution in [0.15, 0.2) is 23.0 Å². The predicted octanol–water partition coefficient (Wildman–Crippen LogP) is 1.26. The van der Waals surface area contributed by atoms with Crippen LogP contribution in [-0.2, 0) is 16.1 Å². The van der Waals surface area contributed by atoms with Crippen LogP contribution in [0.2, 0.25) is 0 Å². The highest BCUT2D eigenvalue weighted by molar-refractivity contribution is 6.23. The maximum absolute atomic E-state index is 14.1. The molecule has 12 heteroatoms. The van der Waals surface area contributed by atoms with E-state index in [4.69, 9.17) is 9.84 Å². The van der Waals surface area contributed by atoms with Crippen LogP contribution in [0.5, 0.6) is 5.75 Å². The predicted molar refractivity (Wildman–Crippen MR) is 144 cm³/mol. The van der Waals surface area contributed by atoms with Gasteiger partial charge in [-0.2, -0.15) is 0 Å². The largest absolute Gasteiger partial charge is 0.493 e. The smallest absolute Gasteiger partial charge is 0.280 e. The van der Waals surface area contributed by atoms with Gasteiger partial charge in [0.2, 0.25) is 11.7 Å². The number of carbonyl (C=O) groups excluding carboxylic acids is 3. The SMILES string of the molecule is CCN1C[C@H](C)N2c3c4nn(c(=O)c3C(=O)C2C1=O)Cc1ccc(F)cc1OCCCCC(=O)N1CCN4CC1. The molecule has 1 aromatic carbocycles. The van der Waals surface area contributed by atoms with Crippen molar-refractivity contribution in [1.82, 2.24) is 19.6 Å². The topological polar surface area (TPSA) is 108 Å². The molecule has 5 aliphatic rings. The van der Waals surface area contributed by atoms with Gasteiger partial charge in [0.15, 0.2) is 11.9 Å². The maximum atomic E-state index is 14.1. The van der Waals surface area contributed by atoms with Crippen LogP contribution in [-0.4, -0.2) is 95.1 Å². The Kier molecular flexibility index (Phi) is 6.71. The lowest BCUT2D eigenvalue weighted by Gasteiger charge is -2.43. The van der Waals surface area contributed by atoms with E-state index < -0.39 is 23.2 Å². The summed E-state index contributed by atoms with van der Waals surface area (Å²) < 4.78 is 21.2. The molecule has 2 saturated heterocycles. The Bertz CT molecular complexity index is 1430. The first kappa shape index (κ1) is 26.3. The van der Waals surface area contributed by atoms with Crippen molar-refractivity contribution in [3.8, 4) is 5.75 Å². The number of hydrogen-bond donors (Lipinski definition) is 0. The van der Waals surface area contributed by atoms with Gasteiger partial charge in [-0.15, -0.1) is 5.10 Å². The summed E-state index contributed by atoms with van der Waals surface area (Å²) in [6.07, 6.45) is 1.67. The zero-order valence-electron chi connectivity index (χ0n) is 22.8. The van der Waals surface area contributed by atoms with E-state index in [-0.39, 0.29) is 35.7 Å². The number of halogens is 1. The molecule has 0 radical (unpaired) electrons. The van der Waals surface area contributed by atoms with Crippen molar-refractivity contribution in [3.05, 3.63) is 45.5 Å². The molecule has 7 rings (SSSR count). The van der Waals surface area contributed by atoms with Crippen LogP contribution < -0.4 is 20.1 Å². The summed E-state index contributed by atoms with van der Waals surface area (Å²) in [6, 6.07) is 2.80. The molecule has 2 fully saturated rings. The molecule has 1 unspecified atom stereocenters. The van der Waals surface area contributed by atoms with Crippen molar-refractivity contribution in [3.63, 3.8) is 0 Å². The van der Waals surface area contributed by atoms with Gasteiger partial charge < -0.3 is 24.3 Å². The Morgan fingerprint density at radius 1 is 1.05 bits per heavy atom. The third kappa shape index (κ3) is 4.29. The number of aromatic nitrogens is 2. The lowest BCUT2D eigenvalue weighted by atomic mass is 10.0. The summed E-state index contributed by atoms with van der Waals surface area (Å²) in [7, 11) is 0. The molecule has 0 N–H and O–H groups in total. The molecule has 5 aliphatic heterocycles. The van der Waals surface area contributed by atoms with E-state index in [9.17, 15) is 23.6 Å². The standard InChI is InChI=1S/C28H33FN6O5/c1-3-31-15-17(2)35-23-22(25(37)24(35)28(31)39)27(38)34-16-18-7-8-19(29)14-20(18)40-13-5-4-6-21(36)32-9-11-33(12-10-32)26(23)30-34/h7-8,14,17,24H,3-6,9-13,15-16H2,1-2H3/t17-,24?/m0/s1. The molecule has 11 nitrogen and oxygen atoms in total. The van der Waals surface area contributed by atoms with E-state index in [0.29, 0.717) is 82.2 Å². The number of piperazine rings is 2. The van der Waals surface area contributed by atoms with E-state index >= 15 is 0 Å². The minimum atomic E-state index is -1.11. The normalized spacial score (nSPS) is 23.2. The molecule has 6 heterocycles. The minimum absolute atomic E-state index is 0.0320. The highest BCUT2D eigenvalue weighted by atomic mass is 19.1. The Labute approximate surface area is 231 Å². The summed E-state index contributed by atoms with van der Waals surface area (Å²) in [5, 5.41) is 4.77. The van der Waals surface area contributed by atoms with Crippen LogP contribution >= 0.6 is 0 Å². The first-order valence-corrected chi connectivity index (χ1v) is 14.0. The lowest BCUT2D eigenvalue weighted by molar-refractivity contribution is -0.133. The van der Waals surface area contributed by atoms with E-state index in [2.05, 4.69) is 0 Å². The molecule has 2 aromatic rings. The van der Waals surface area contributed by atoms with Gasteiger partial charge in [-0.3, -0.25) is 19.2 Å². The molecule has 0 saturated carbocycles. The monoisotopic (exact) mass is 552 g/mol. The van der Waals surface area contributed by atoms with Gasteiger partial charge in [-0.25, -0.2) is 9.07 Å². The third-order valence-electron chi connectivity index (χ3n) is 8.35. The Morgan fingerprint density at radius 2 is 1.80 bits per heavy atom. The number of nitrogens with zero attached hydrogens (tertiary/aromatic N) is 6. The lowest BCUT2D eigenvalue weighted by Crippen LogP contribution is -2.61. The van der Waals surface area contributed by atoms with E-state index in [0.717, 1.165) is 0 Å². The van der Waals surface area contributed by atoms with Crippen LogP contribution in [0.3, 0.4) is 0 Å². The number of fused-ring (bicyclic) bond motifs is 10. The number of carbonyl (C=O) groups is 3. The molecule has 4 bridgehead atoms. The van der Waals surface area contributed by atoms with Gasteiger partial charge in [0.25, 0.3) is 11.5 Å². The molecule has 212 valence electrons. The summed E-state index contributed by atoms with van der Waals surface area (Å²) in [5.74, 6) is -0.529. The summed E-state index contributed by atoms with van der Waals surface area (Å²) in [4.78, 5) is 61.2. The summed E-state index contributed by atoms with van der Waals surface area (Å²) >= 11 is 0. The van der Waals surface area contributed by atoms with Crippen molar-refractivity contribution in [2.24, 2.45) is 0 Å². The highest BCUT2D eigenvalue weighted by Gasteiger charge is 2.52. The fourth-order valence-electron chi connectivity index (χ4n) is 6.23. The second-order valence-corrected chi connectivity index (χ2v) is 10.8. The molecule has 2 amide bonds. The van der Waals surface area contributed by atoms with E-state index in [1.54, 1.807) is 15.9 Å². The zero-order chi connectivity index (χ0) is 28.1. The van der Waals surface area contributed by atoms with Crippen molar-refractivity contribution in [2.75, 3.05) is 55.7 Å². The number of amides is 2. The number of ketones is 1. The Hall–Kier alpha value is -3.96. The average molecular weight is 553 g/mol. The molecule has 40 heavy (non-hydrogen) atoms. The molecule has 0 spiro atoms. The fraction of sp³-hybridized carbons (Fsp3) is 0.536. The van der Waals surface area contributed by atoms with Crippen molar-refractivity contribution >= 4 is 29.1 Å². The van der Waals surface area contributed by atoms with Gasteiger partial charge in [0.05, 0.1) is 18.8 Å². The van der Waals surface area contributed by atoms with E-state index in [1.807, 2.05) is 23.6 Å². The van der Waals surface area contributed by atoms with E-state index in [1.165, 1.54) is 16.8 Å². The average Bonchev–Trinajstić information content (AvgIpc) is 3.26. The number of hydrogen-bond acceptors (Lipinski definition) is 8. The van der Waals surface area contributed by atoms with Crippen LogP contribution in [0.1, 0.15) is 49.0 Å². The van der Waals surface area contributed by atoms with Crippen LogP contribution in [0.4, 0.5) is 15.9 Å². The molecule has 0 aliphatic carbocycles. The van der Waals surface area contributed by atoms with Gasteiger partial charge in [-0.1, -0.05) is 6.07 Å². The third-order valence-corrected chi connectivity index (χ3v) is 8.35. The maximum Gasteiger partial charge on any atom is 0.280 e. The Balaban J connectivity index is 1.51. The summed E-state index contributed by atoms with van der Waals surface area (Å²) in [5.41, 5.74) is 0.299. The second-order valence-electron chi connectivity index (χ2n) is 10.8. The quantitative estimate of drug-likeness (QED) is 0.487. The number of ether oxygens (including phenoxy) is 1. The van der Waals surface area contributed by atoms with Crippen molar-refractivity contribution in [2.45, 2.75) is 51.7 Å². The van der Waals surface area contributed by atoms with Gasteiger partial charge >= 0.3 is 0 Å². The van der Waals surface area contributed by atoms with Gasteiger partial charge in [0, 0.05) is 63.4 Å². The fourth-order valence-corrected chi connectivity index (χ4v) is 6.23. The van der Waals surface area contributed by atoms with Crippen molar-refractivity contribution < 1.29 is 23.5 Å². The molecule has 2 atom stereocenters. The number of likely N-dealkylation sites (N-methyl/N-ethyl adjacent to an activating group) is 1. The minimum Gasteiger partial charge on any atom is -0.493 e. The summed E-state index contributed by atoms with van der Waals surface area (Å²) in [6.45, 7) is 6.90. The highest BCUT2D eigenvalue weighted by Crippen LogP contribution is 2.41. The zero-order valence-corrected chi connectivity index (χ0v) is 22.8. The van der Waals surface area contributed by atoms with Crippen LogP contribution in [0.25, 0.3) is 0 Å². The molecular weight excluding hydrogens is 519 g/mol. The van der Waals surface area contributed by atoms with Gasteiger partial charge in [0.1, 0.15) is 17.1 Å².